The summed E-state index contributed by atoms with van der Waals surface area (Å²) in [5.74, 6) is 0.241. The van der Waals surface area contributed by atoms with Crippen LogP contribution in [0.1, 0.15) is 15.5 Å². The van der Waals surface area contributed by atoms with Gasteiger partial charge in [0.1, 0.15) is 0 Å². The van der Waals surface area contributed by atoms with Crippen molar-refractivity contribution in [3.8, 4) is 22.6 Å². The zero-order chi connectivity index (χ0) is 17.9. The third-order valence-electron chi connectivity index (χ3n) is 3.84. The van der Waals surface area contributed by atoms with Crippen LogP contribution in [0, 0.1) is 6.92 Å². The van der Waals surface area contributed by atoms with Gasteiger partial charge in [0.15, 0.2) is 11.5 Å². The van der Waals surface area contributed by atoms with Crippen LogP contribution in [0.4, 0.5) is 5.69 Å². The number of thiazole rings is 1. The van der Waals surface area contributed by atoms with Gasteiger partial charge in [-0.1, -0.05) is 47.6 Å². The molecule has 2 aromatic carbocycles. The lowest BCUT2D eigenvalue weighted by Crippen LogP contribution is -2.12. The zero-order valence-corrected chi connectivity index (χ0v) is 14.8. The molecule has 0 saturated heterocycles. The molecule has 26 heavy (non-hydrogen) atoms. The van der Waals surface area contributed by atoms with Crippen LogP contribution in [-0.4, -0.2) is 16.0 Å². The lowest BCUT2D eigenvalue weighted by Gasteiger charge is -2.04. The van der Waals surface area contributed by atoms with E-state index in [-0.39, 0.29) is 11.6 Å². The highest BCUT2D eigenvalue weighted by Gasteiger charge is 2.14. The van der Waals surface area contributed by atoms with Gasteiger partial charge in [-0.25, -0.2) is 4.98 Å². The van der Waals surface area contributed by atoms with E-state index in [1.165, 1.54) is 0 Å². The second-order valence-corrected chi connectivity index (χ2v) is 6.79. The average Bonchev–Trinajstić information content (AvgIpc) is 3.32. The summed E-state index contributed by atoms with van der Waals surface area (Å²) < 4.78 is 5.29. The molecule has 0 spiro atoms. The first kappa shape index (κ1) is 16.2. The first-order valence-corrected chi connectivity index (χ1v) is 8.93. The fraction of sp³-hybridized carbons (Fsp3) is 0.0500. The number of carbonyl (C=O) groups is 1. The van der Waals surface area contributed by atoms with E-state index in [4.69, 9.17) is 4.52 Å². The second-order valence-electron chi connectivity index (χ2n) is 5.73. The molecule has 1 N–H and O–H groups in total. The van der Waals surface area contributed by atoms with Gasteiger partial charge in [-0.05, 0) is 19.1 Å². The Labute approximate surface area is 154 Å². The van der Waals surface area contributed by atoms with Crippen molar-refractivity contribution in [1.29, 1.82) is 0 Å². The van der Waals surface area contributed by atoms with E-state index >= 15 is 0 Å². The fourth-order valence-corrected chi connectivity index (χ4v) is 3.19. The summed E-state index contributed by atoms with van der Waals surface area (Å²) in [6, 6.07) is 18.8. The number of nitrogens with one attached hydrogen (secondary N) is 1. The molecule has 0 fully saturated rings. The van der Waals surface area contributed by atoms with Gasteiger partial charge in [0, 0.05) is 28.3 Å². The van der Waals surface area contributed by atoms with Gasteiger partial charge in [0.05, 0.1) is 10.7 Å². The SMILES string of the molecule is Cc1nc(-c2cccc(NC(=O)c3cc(-c4ccccc4)on3)c2)cs1. The molecule has 0 aliphatic rings. The molecule has 0 unspecified atom stereocenters. The lowest BCUT2D eigenvalue weighted by atomic mass is 10.1. The van der Waals surface area contributed by atoms with Gasteiger partial charge in [-0.2, -0.15) is 0 Å². The van der Waals surface area contributed by atoms with Gasteiger partial charge in [-0.15, -0.1) is 11.3 Å². The highest BCUT2D eigenvalue weighted by Crippen LogP contribution is 2.25. The van der Waals surface area contributed by atoms with Gasteiger partial charge in [0.25, 0.3) is 5.91 Å². The van der Waals surface area contributed by atoms with Crippen molar-refractivity contribution >= 4 is 22.9 Å². The van der Waals surface area contributed by atoms with Crippen LogP contribution >= 0.6 is 11.3 Å². The average molecular weight is 361 g/mol. The number of hydrogen-bond donors (Lipinski definition) is 1. The normalized spacial score (nSPS) is 10.7. The molecule has 0 bridgehead atoms. The Morgan fingerprint density at radius 2 is 1.85 bits per heavy atom. The number of rotatable bonds is 4. The van der Waals surface area contributed by atoms with Crippen LogP contribution < -0.4 is 5.32 Å². The fourth-order valence-electron chi connectivity index (χ4n) is 2.57. The van der Waals surface area contributed by atoms with Crippen molar-refractivity contribution in [2.24, 2.45) is 0 Å². The van der Waals surface area contributed by atoms with Crippen LogP contribution in [0.3, 0.4) is 0 Å². The van der Waals surface area contributed by atoms with Gasteiger partial charge < -0.3 is 9.84 Å². The second kappa shape index (κ2) is 6.93. The Bertz CT molecular complexity index is 1050. The largest absolute Gasteiger partial charge is 0.355 e. The first-order valence-electron chi connectivity index (χ1n) is 8.05. The highest BCUT2D eigenvalue weighted by atomic mass is 32.1. The molecule has 0 aliphatic carbocycles. The summed E-state index contributed by atoms with van der Waals surface area (Å²) in [7, 11) is 0. The molecule has 1 amide bonds. The molecule has 2 aromatic heterocycles. The predicted octanol–water partition coefficient (Wildman–Crippen LogP) is 5.03. The van der Waals surface area contributed by atoms with Crippen molar-refractivity contribution < 1.29 is 9.32 Å². The van der Waals surface area contributed by atoms with E-state index in [1.54, 1.807) is 17.4 Å². The molecule has 0 aliphatic heterocycles. The number of aromatic nitrogens is 2. The number of aryl methyl sites for hydroxylation is 1. The summed E-state index contributed by atoms with van der Waals surface area (Å²) in [5.41, 5.74) is 3.65. The number of anilines is 1. The van der Waals surface area contributed by atoms with Crippen LogP contribution in [0.2, 0.25) is 0 Å². The molecule has 6 heteroatoms. The molecule has 0 saturated carbocycles. The highest BCUT2D eigenvalue weighted by molar-refractivity contribution is 7.09. The van der Waals surface area contributed by atoms with Crippen molar-refractivity contribution in [3.63, 3.8) is 0 Å². The summed E-state index contributed by atoms with van der Waals surface area (Å²) in [6.07, 6.45) is 0. The Morgan fingerprint density at radius 1 is 1.04 bits per heavy atom. The lowest BCUT2D eigenvalue weighted by molar-refractivity contribution is 0.101. The van der Waals surface area contributed by atoms with Crippen molar-refractivity contribution in [2.45, 2.75) is 6.92 Å². The van der Waals surface area contributed by atoms with Gasteiger partial charge >= 0.3 is 0 Å². The quantitative estimate of drug-likeness (QED) is 0.554. The minimum Gasteiger partial charge on any atom is -0.355 e. The van der Waals surface area contributed by atoms with Crippen molar-refractivity contribution in [2.75, 3.05) is 5.32 Å². The maximum absolute atomic E-state index is 12.5. The summed E-state index contributed by atoms with van der Waals surface area (Å²) in [5, 5.41) is 9.73. The van der Waals surface area contributed by atoms with Crippen LogP contribution in [0.5, 0.6) is 0 Å². The third-order valence-corrected chi connectivity index (χ3v) is 4.61. The van der Waals surface area contributed by atoms with Crippen LogP contribution in [0.15, 0.2) is 70.6 Å². The zero-order valence-electron chi connectivity index (χ0n) is 14.0. The Balaban J connectivity index is 1.53. The molecule has 0 atom stereocenters. The van der Waals surface area contributed by atoms with Crippen LogP contribution in [0.25, 0.3) is 22.6 Å². The Morgan fingerprint density at radius 3 is 2.62 bits per heavy atom. The number of hydrogen-bond acceptors (Lipinski definition) is 5. The minimum absolute atomic E-state index is 0.235. The Hall–Kier alpha value is -3.25. The Kier molecular flexibility index (Phi) is 4.33. The molecule has 5 nitrogen and oxygen atoms in total. The number of carbonyl (C=O) groups excluding carboxylic acids is 1. The topological polar surface area (TPSA) is 68.0 Å². The number of nitrogens with zero attached hydrogens (tertiary/aromatic N) is 2. The van der Waals surface area contributed by atoms with E-state index in [0.717, 1.165) is 21.8 Å². The molecule has 2 heterocycles. The monoisotopic (exact) mass is 361 g/mol. The van der Waals surface area contributed by atoms with E-state index in [2.05, 4.69) is 15.5 Å². The standard InChI is InChI=1S/C20H15N3O2S/c1-13-21-18(12-26-13)15-8-5-9-16(10-15)22-20(24)17-11-19(25-23-17)14-6-3-2-4-7-14/h2-12H,1H3,(H,22,24). The van der Waals surface area contributed by atoms with E-state index < -0.39 is 0 Å². The molecular weight excluding hydrogens is 346 g/mol. The number of amides is 1. The maximum Gasteiger partial charge on any atom is 0.277 e. The first-order chi connectivity index (χ1) is 12.7. The maximum atomic E-state index is 12.5. The van der Waals surface area contributed by atoms with Gasteiger partial charge in [-0.3, -0.25) is 4.79 Å². The molecule has 0 radical (unpaired) electrons. The smallest absolute Gasteiger partial charge is 0.277 e. The van der Waals surface area contributed by atoms with Gasteiger partial charge in [0.2, 0.25) is 0 Å². The molecule has 4 rings (SSSR count). The summed E-state index contributed by atoms with van der Waals surface area (Å²) in [4.78, 5) is 16.9. The van der Waals surface area contributed by atoms with Crippen LogP contribution in [-0.2, 0) is 0 Å². The summed E-state index contributed by atoms with van der Waals surface area (Å²) >= 11 is 1.60. The molecule has 4 aromatic rings. The number of benzene rings is 2. The van der Waals surface area contributed by atoms with Crippen molar-refractivity contribution in [1.82, 2.24) is 10.1 Å². The molecular formula is C20H15N3O2S. The van der Waals surface area contributed by atoms with E-state index in [1.807, 2.05) is 66.9 Å². The third kappa shape index (κ3) is 3.41. The molecule has 128 valence electrons. The van der Waals surface area contributed by atoms with E-state index in [9.17, 15) is 4.79 Å². The van der Waals surface area contributed by atoms with Crippen molar-refractivity contribution in [3.05, 3.63) is 76.7 Å². The predicted molar refractivity (Wildman–Crippen MR) is 102 cm³/mol. The minimum atomic E-state index is -0.317. The van der Waals surface area contributed by atoms with E-state index in [0.29, 0.717) is 11.4 Å². The summed E-state index contributed by atoms with van der Waals surface area (Å²) in [6.45, 7) is 1.97.